The predicted octanol–water partition coefficient (Wildman–Crippen LogP) is 4.28. The summed E-state index contributed by atoms with van der Waals surface area (Å²) in [5.74, 6) is -0.672. The van der Waals surface area contributed by atoms with Crippen LogP contribution < -0.4 is 4.74 Å². The van der Waals surface area contributed by atoms with E-state index in [1.54, 1.807) is 26.3 Å². The van der Waals surface area contributed by atoms with Gasteiger partial charge in [0.1, 0.15) is 5.75 Å². The highest BCUT2D eigenvalue weighted by Gasteiger charge is 2.30. The number of amidine groups is 1. The van der Waals surface area contributed by atoms with E-state index in [1.807, 2.05) is 24.3 Å². The first kappa shape index (κ1) is 19.0. The highest BCUT2D eigenvalue weighted by molar-refractivity contribution is 8.18. The number of ether oxygens (including phenoxy) is 1. The minimum absolute atomic E-state index is 0.0414. The van der Waals surface area contributed by atoms with Gasteiger partial charge in [-0.15, -0.1) is 0 Å². The Hall–Kier alpha value is -2.77. The van der Waals surface area contributed by atoms with Gasteiger partial charge in [0.25, 0.3) is 5.91 Å². The number of aliphatic imine (C=N–C) groups is 1. The summed E-state index contributed by atoms with van der Waals surface area (Å²) in [6.07, 6.45) is 1.75. The summed E-state index contributed by atoms with van der Waals surface area (Å²) in [5.41, 5.74) is 1.14. The molecule has 0 aliphatic carbocycles. The highest BCUT2D eigenvalue weighted by atomic mass is 35.5. The number of carbonyl (C=O) groups is 2. The minimum atomic E-state index is -1.14. The van der Waals surface area contributed by atoms with E-state index in [0.717, 1.165) is 5.56 Å². The van der Waals surface area contributed by atoms with Crippen LogP contribution in [0.25, 0.3) is 6.08 Å². The van der Waals surface area contributed by atoms with E-state index in [-0.39, 0.29) is 16.5 Å². The standard InChI is InChI=1S/C19H15ClN2O4S/c1-22-17(23)16(9-11-5-3-4-6-15(11)26-2)27-19(22)21-12-7-8-14(20)13(10-12)18(24)25/h3-10H,1-2H3,(H,24,25)/b16-9+,21-19?. The van der Waals surface area contributed by atoms with Crippen molar-refractivity contribution < 1.29 is 19.4 Å². The van der Waals surface area contributed by atoms with Gasteiger partial charge in [0.15, 0.2) is 5.17 Å². The topological polar surface area (TPSA) is 79.2 Å². The number of carbonyl (C=O) groups excluding carboxylic acids is 1. The number of thioether (sulfide) groups is 1. The average molecular weight is 403 g/mol. The number of carboxylic acids is 1. The van der Waals surface area contributed by atoms with Crippen molar-refractivity contribution in [3.63, 3.8) is 0 Å². The Morgan fingerprint density at radius 3 is 2.74 bits per heavy atom. The van der Waals surface area contributed by atoms with E-state index in [2.05, 4.69) is 4.99 Å². The van der Waals surface area contributed by atoms with E-state index in [0.29, 0.717) is 21.5 Å². The number of nitrogens with zero attached hydrogens (tertiary/aromatic N) is 2. The van der Waals surface area contributed by atoms with Crippen molar-refractivity contribution in [2.45, 2.75) is 0 Å². The van der Waals surface area contributed by atoms with Gasteiger partial charge >= 0.3 is 5.97 Å². The number of carboxylic acid groups (broad SMARTS) is 1. The molecule has 1 N–H and O–H groups in total. The molecule has 8 heteroatoms. The molecule has 1 heterocycles. The zero-order valence-electron chi connectivity index (χ0n) is 14.5. The molecule has 27 heavy (non-hydrogen) atoms. The number of benzene rings is 2. The summed E-state index contributed by atoms with van der Waals surface area (Å²) in [6, 6.07) is 11.8. The summed E-state index contributed by atoms with van der Waals surface area (Å²) < 4.78 is 5.31. The van der Waals surface area contributed by atoms with Crippen LogP contribution in [0.5, 0.6) is 5.75 Å². The molecular formula is C19H15ClN2O4S. The van der Waals surface area contributed by atoms with E-state index >= 15 is 0 Å². The number of para-hydroxylation sites is 1. The van der Waals surface area contributed by atoms with Gasteiger partial charge in [-0.3, -0.25) is 9.69 Å². The molecule has 0 atom stereocenters. The first-order chi connectivity index (χ1) is 12.9. The number of methoxy groups -OCH3 is 1. The lowest BCUT2D eigenvalue weighted by molar-refractivity contribution is -0.121. The van der Waals surface area contributed by atoms with Crippen molar-refractivity contribution in [1.82, 2.24) is 4.90 Å². The maximum Gasteiger partial charge on any atom is 0.337 e. The van der Waals surface area contributed by atoms with Gasteiger partial charge in [-0.1, -0.05) is 29.8 Å². The molecule has 1 amide bonds. The van der Waals surface area contributed by atoms with Crippen LogP contribution in [0.2, 0.25) is 5.02 Å². The van der Waals surface area contributed by atoms with Crippen LogP contribution in [0.3, 0.4) is 0 Å². The highest BCUT2D eigenvalue weighted by Crippen LogP contribution is 2.35. The molecule has 0 aromatic heterocycles. The molecule has 0 spiro atoms. The van der Waals surface area contributed by atoms with Crippen LogP contribution in [0.15, 0.2) is 52.4 Å². The number of amides is 1. The molecule has 2 aromatic carbocycles. The zero-order valence-corrected chi connectivity index (χ0v) is 16.0. The summed E-state index contributed by atoms with van der Waals surface area (Å²) in [7, 11) is 3.19. The monoisotopic (exact) mass is 402 g/mol. The molecule has 1 fully saturated rings. The molecular weight excluding hydrogens is 388 g/mol. The molecule has 1 saturated heterocycles. The van der Waals surface area contributed by atoms with Gasteiger partial charge in [-0.2, -0.15) is 0 Å². The number of halogens is 1. The van der Waals surface area contributed by atoms with Crippen molar-refractivity contribution >= 4 is 52.2 Å². The number of aromatic carboxylic acids is 1. The first-order valence-electron chi connectivity index (χ1n) is 7.83. The summed E-state index contributed by atoms with van der Waals surface area (Å²) in [4.78, 5) is 30.1. The Morgan fingerprint density at radius 1 is 1.30 bits per heavy atom. The average Bonchev–Trinajstić information content (AvgIpc) is 2.91. The number of hydrogen-bond donors (Lipinski definition) is 1. The molecule has 6 nitrogen and oxygen atoms in total. The Morgan fingerprint density at radius 2 is 2.04 bits per heavy atom. The maximum absolute atomic E-state index is 12.5. The molecule has 0 bridgehead atoms. The smallest absolute Gasteiger partial charge is 0.337 e. The SMILES string of the molecule is COc1ccccc1/C=C1/SC(=Nc2ccc(Cl)c(C(=O)O)c2)N(C)C1=O. The lowest BCUT2D eigenvalue weighted by atomic mass is 10.2. The summed E-state index contributed by atoms with van der Waals surface area (Å²) >= 11 is 7.09. The lowest BCUT2D eigenvalue weighted by Crippen LogP contribution is -2.23. The van der Waals surface area contributed by atoms with Crippen LogP contribution in [-0.2, 0) is 4.79 Å². The second kappa shape index (κ2) is 7.85. The second-order valence-electron chi connectivity index (χ2n) is 5.58. The van der Waals surface area contributed by atoms with E-state index in [1.165, 1.54) is 28.8 Å². The van der Waals surface area contributed by atoms with Crippen molar-refractivity contribution in [2.24, 2.45) is 4.99 Å². The van der Waals surface area contributed by atoms with Crippen LogP contribution >= 0.6 is 23.4 Å². The normalized spacial score (nSPS) is 17.0. The summed E-state index contributed by atoms with van der Waals surface area (Å²) in [6.45, 7) is 0. The summed E-state index contributed by atoms with van der Waals surface area (Å²) in [5, 5.41) is 9.75. The Bertz CT molecular complexity index is 987. The van der Waals surface area contributed by atoms with Crippen molar-refractivity contribution in [3.05, 3.63) is 63.5 Å². The number of hydrogen-bond acceptors (Lipinski definition) is 5. The van der Waals surface area contributed by atoms with Crippen molar-refractivity contribution in [2.75, 3.05) is 14.2 Å². The fraction of sp³-hybridized carbons (Fsp3) is 0.105. The Balaban J connectivity index is 1.94. The van der Waals surface area contributed by atoms with Crippen LogP contribution in [0.4, 0.5) is 5.69 Å². The lowest BCUT2D eigenvalue weighted by Gasteiger charge is -2.07. The van der Waals surface area contributed by atoms with Crippen molar-refractivity contribution in [3.8, 4) is 5.75 Å². The van der Waals surface area contributed by atoms with E-state index < -0.39 is 5.97 Å². The van der Waals surface area contributed by atoms with Gasteiger partial charge in [-0.05, 0) is 42.1 Å². The third-order valence-electron chi connectivity index (χ3n) is 3.83. The Labute approximate surface area is 165 Å². The third-order valence-corrected chi connectivity index (χ3v) is 5.22. The maximum atomic E-state index is 12.5. The molecule has 138 valence electrons. The minimum Gasteiger partial charge on any atom is -0.496 e. The van der Waals surface area contributed by atoms with Gasteiger partial charge in [0.2, 0.25) is 0 Å². The number of rotatable bonds is 4. The van der Waals surface area contributed by atoms with Gasteiger partial charge < -0.3 is 9.84 Å². The van der Waals surface area contributed by atoms with Crippen molar-refractivity contribution in [1.29, 1.82) is 0 Å². The quantitative estimate of drug-likeness (QED) is 0.772. The van der Waals surface area contributed by atoms with E-state index in [4.69, 9.17) is 16.3 Å². The van der Waals surface area contributed by atoms with Gasteiger partial charge in [-0.25, -0.2) is 9.79 Å². The third kappa shape index (κ3) is 3.99. The fourth-order valence-corrected chi connectivity index (χ4v) is 3.61. The largest absolute Gasteiger partial charge is 0.496 e. The molecule has 2 aromatic rings. The van der Waals surface area contributed by atoms with Crippen LogP contribution in [-0.4, -0.2) is 41.2 Å². The van der Waals surface area contributed by atoms with Crippen LogP contribution in [0, 0.1) is 0 Å². The fourth-order valence-electron chi connectivity index (χ4n) is 2.44. The first-order valence-corrected chi connectivity index (χ1v) is 9.02. The zero-order chi connectivity index (χ0) is 19.6. The Kier molecular flexibility index (Phi) is 5.53. The predicted molar refractivity (Wildman–Crippen MR) is 107 cm³/mol. The molecule has 0 radical (unpaired) electrons. The molecule has 0 unspecified atom stereocenters. The number of likely N-dealkylation sites (N-methyl/N-ethyl adjacent to an activating group) is 1. The van der Waals surface area contributed by atoms with E-state index in [9.17, 15) is 14.7 Å². The van der Waals surface area contributed by atoms with Gasteiger partial charge in [0, 0.05) is 12.6 Å². The second-order valence-corrected chi connectivity index (χ2v) is 7.00. The van der Waals surface area contributed by atoms with Gasteiger partial charge in [0.05, 0.1) is 28.3 Å². The van der Waals surface area contributed by atoms with Crippen LogP contribution in [0.1, 0.15) is 15.9 Å². The molecule has 3 rings (SSSR count). The molecule has 0 saturated carbocycles. The molecule has 1 aliphatic rings. The molecule has 1 aliphatic heterocycles.